The van der Waals surface area contributed by atoms with Gasteiger partial charge in [-0.25, -0.2) is 0 Å². The molecule has 0 amide bonds. The van der Waals surface area contributed by atoms with Gasteiger partial charge in [-0.05, 0) is 24.6 Å². The summed E-state index contributed by atoms with van der Waals surface area (Å²) in [5.74, 6) is 0.664. The number of hydrogen-bond donors (Lipinski definition) is 2. The molecule has 0 spiro atoms. The Bertz CT molecular complexity index is 734. The number of carbonyl (C=O) groups is 1. The Balaban J connectivity index is 2.03. The molecule has 2 aromatic rings. The molecule has 0 unspecified atom stereocenters. The summed E-state index contributed by atoms with van der Waals surface area (Å²) >= 11 is 0. The zero-order valence-corrected chi connectivity index (χ0v) is 12.3. The van der Waals surface area contributed by atoms with Crippen molar-refractivity contribution in [3.63, 3.8) is 0 Å². The average Bonchev–Trinajstić information content (AvgIpc) is 2.51. The van der Waals surface area contributed by atoms with Crippen LogP contribution in [-0.4, -0.2) is 23.1 Å². The third kappa shape index (κ3) is 2.24. The molecular weight excluding hydrogens is 284 g/mol. The van der Waals surface area contributed by atoms with E-state index in [-0.39, 0.29) is 29.3 Å². The first-order chi connectivity index (χ1) is 10.5. The maximum absolute atomic E-state index is 12.4. The van der Waals surface area contributed by atoms with Crippen molar-refractivity contribution in [1.82, 2.24) is 0 Å². The molecule has 1 heterocycles. The van der Waals surface area contributed by atoms with Crippen LogP contribution in [0.5, 0.6) is 23.0 Å². The van der Waals surface area contributed by atoms with E-state index < -0.39 is 6.10 Å². The predicted octanol–water partition coefficient (Wildman–Crippen LogP) is 3.12. The molecular formula is C17H16O5. The second kappa shape index (κ2) is 5.26. The number of aromatic hydroxyl groups is 2. The van der Waals surface area contributed by atoms with Crippen molar-refractivity contribution in [3.8, 4) is 23.0 Å². The van der Waals surface area contributed by atoms with Crippen molar-refractivity contribution >= 4 is 5.78 Å². The minimum Gasteiger partial charge on any atom is -0.508 e. The highest BCUT2D eigenvalue weighted by Gasteiger charge is 2.32. The Labute approximate surface area is 127 Å². The van der Waals surface area contributed by atoms with Gasteiger partial charge < -0.3 is 19.7 Å². The molecule has 114 valence electrons. The van der Waals surface area contributed by atoms with Crippen LogP contribution < -0.4 is 9.47 Å². The van der Waals surface area contributed by atoms with Gasteiger partial charge in [0.2, 0.25) is 0 Å². The molecule has 0 saturated heterocycles. The van der Waals surface area contributed by atoms with Crippen LogP contribution >= 0.6 is 0 Å². The van der Waals surface area contributed by atoms with Gasteiger partial charge in [0.05, 0.1) is 13.5 Å². The van der Waals surface area contributed by atoms with E-state index in [0.29, 0.717) is 17.1 Å². The highest BCUT2D eigenvalue weighted by molar-refractivity contribution is 6.03. The molecule has 0 saturated carbocycles. The fourth-order valence-corrected chi connectivity index (χ4v) is 2.64. The minimum atomic E-state index is -0.451. The van der Waals surface area contributed by atoms with E-state index >= 15 is 0 Å². The number of carbonyl (C=O) groups excluding carboxylic acids is 1. The Morgan fingerprint density at radius 1 is 1.23 bits per heavy atom. The summed E-state index contributed by atoms with van der Waals surface area (Å²) in [6.07, 6.45) is -0.315. The summed E-state index contributed by atoms with van der Waals surface area (Å²) in [6.45, 7) is 1.69. The molecule has 1 aliphatic rings. The van der Waals surface area contributed by atoms with Gasteiger partial charge in [-0.2, -0.15) is 0 Å². The molecule has 0 bridgehead atoms. The molecule has 1 atom stereocenters. The highest BCUT2D eigenvalue weighted by Crippen LogP contribution is 2.44. The number of ether oxygens (including phenoxy) is 2. The maximum atomic E-state index is 12.4. The van der Waals surface area contributed by atoms with Gasteiger partial charge in [0.25, 0.3) is 0 Å². The van der Waals surface area contributed by atoms with Gasteiger partial charge in [0.15, 0.2) is 5.78 Å². The molecule has 5 heteroatoms. The van der Waals surface area contributed by atoms with E-state index in [1.165, 1.54) is 7.11 Å². The zero-order valence-electron chi connectivity index (χ0n) is 12.3. The summed E-state index contributed by atoms with van der Waals surface area (Å²) in [5.41, 5.74) is 1.51. The van der Waals surface area contributed by atoms with E-state index in [4.69, 9.17) is 9.47 Å². The lowest BCUT2D eigenvalue weighted by molar-refractivity contribution is 0.0844. The van der Waals surface area contributed by atoms with E-state index in [2.05, 4.69) is 0 Å². The van der Waals surface area contributed by atoms with Crippen molar-refractivity contribution in [1.29, 1.82) is 0 Å². The van der Waals surface area contributed by atoms with Crippen LogP contribution in [-0.2, 0) is 0 Å². The van der Waals surface area contributed by atoms with Crippen molar-refractivity contribution in [2.75, 3.05) is 7.11 Å². The second-order valence-electron chi connectivity index (χ2n) is 5.25. The molecule has 0 aliphatic carbocycles. The number of Topliss-reactive ketones (excluding diaryl/α,β-unsaturated/α-hetero) is 1. The zero-order chi connectivity index (χ0) is 15.9. The fraction of sp³-hybridized carbons (Fsp3) is 0.235. The number of ketones is 1. The molecule has 22 heavy (non-hydrogen) atoms. The van der Waals surface area contributed by atoms with E-state index in [0.717, 1.165) is 5.56 Å². The number of phenols is 2. The summed E-state index contributed by atoms with van der Waals surface area (Å²) in [4.78, 5) is 12.4. The molecule has 0 radical (unpaired) electrons. The van der Waals surface area contributed by atoms with Crippen molar-refractivity contribution in [2.24, 2.45) is 0 Å². The Morgan fingerprint density at radius 3 is 2.55 bits per heavy atom. The van der Waals surface area contributed by atoms with Gasteiger partial charge in [-0.15, -0.1) is 0 Å². The van der Waals surface area contributed by atoms with Crippen LogP contribution in [0.1, 0.15) is 34.0 Å². The third-order valence-electron chi connectivity index (χ3n) is 3.87. The number of rotatable bonds is 2. The smallest absolute Gasteiger partial charge is 0.174 e. The third-order valence-corrected chi connectivity index (χ3v) is 3.87. The van der Waals surface area contributed by atoms with Gasteiger partial charge in [0.1, 0.15) is 34.7 Å². The molecule has 5 nitrogen and oxygen atoms in total. The fourth-order valence-electron chi connectivity index (χ4n) is 2.64. The molecule has 0 fully saturated rings. The maximum Gasteiger partial charge on any atom is 0.174 e. The van der Waals surface area contributed by atoms with Crippen molar-refractivity contribution in [3.05, 3.63) is 47.0 Å². The summed E-state index contributed by atoms with van der Waals surface area (Å²) in [7, 11) is 1.50. The Kier molecular flexibility index (Phi) is 3.41. The SMILES string of the molecule is COc1cc2c(c(O)c1C)C(=O)C[C@@H](c1ccc(O)cc1)O2. The first-order valence-electron chi connectivity index (χ1n) is 6.90. The average molecular weight is 300 g/mol. The van der Waals surface area contributed by atoms with Crippen LogP contribution in [0.15, 0.2) is 30.3 Å². The summed E-state index contributed by atoms with van der Waals surface area (Å²) < 4.78 is 11.1. The normalized spacial score (nSPS) is 16.8. The number of fused-ring (bicyclic) bond motifs is 1. The number of benzene rings is 2. The quantitative estimate of drug-likeness (QED) is 0.891. The minimum absolute atomic E-state index is 0.0940. The van der Waals surface area contributed by atoms with Crippen LogP contribution in [0.25, 0.3) is 0 Å². The molecule has 2 aromatic carbocycles. The van der Waals surface area contributed by atoms with Crippen molar-refractivity contribution < 1.29 is 24.5 Å². The van der Waals surface area contributed by atoms with E-state index in [1.54, 1.807) is 37.3 Å². The topological polar surface area (TPSA) is 76.0 Å². The molecule has 3 rings (SSSR count). The van der Waals surface area contributed by atoms with E-state index in [1.807, 2.05) is 0 Å². The van der Waals surface area contributed by atoms with Gasteiger partial charge in [0, 0.05) is 11.6 Å². The summed E-state index contributed by atoms with van der Waals surface area (Å²) in [6, 6.07) is 8.14. The second-order valence-corrected chi connectivity index (χ2v) is 5.25. The number of hydrogen-bond acceptors (Lipinski definition) is 5. The molecule has 2 N–H and O–H groups in total. The Hall–Kier alpha value is -2.69. The Morgan fingerprint density at radius 2 is 1.91 bits per heavy atom. The predicted molar refractivity (Wildman–Crippen MR) is 79.8 cm³/mol. The standard InChI is InChI=1S/C17H16O5/c1-9-13(21-2)8-15-16(17(9)20)12(19)7-14(22-15)10-3-5-11(18)6-4-10/h3-6,8,14,18,20H,7H2,1-2H3/t14-/m0/s1. The van der Waals surface area contributed by atoms with Crippen LogP contribution in [0.3, 0.4) is 0 Å². The lowest BCUT2D eigenvalue weighted by Gasteiger charge is -2.27. The summed E-state index contributed by atoms with van der Waals surface area (Å²) in [5, 5.41) is 19.5. The highest BCUT2D eigenvalue weighted by atomic mass is 16.5. The monoisotopic (exact) mass is 300 g/mol. The lowest BCUT2D eigenvalue weighted by Crippen LogP contribution is -2.20. The van der Waals surface area contributed by atoms with E-state index in [9.17, 15) is 15.0 Å². The first kappa shape index (κ1) is 14.3. The van der Waals surface area contributed by atoms with Crippen LogP contribution in [0, 0.1) is 6.92 Å². The lowest BCUT2D eigenvalue weighted by atomic mass is 9.94. The van der Waals surface area contributed by atoms with Crippen LogP contribution in [0.2, 0.25) is 0 Å². The number of methoxy groups -OCH3 is 1. The van der Waals surface area contributed by atoms with Gasteiger partial charge >= 0.3 is 0 Å². The van der Waals surface area contributed by atoms with Gasteiger partial charge in [-0.1, -0.05) is 12.1 Å². The number of phenolic OH excluding ortho intramolecular Hbond substituents is 2. The first-order valence-corrected chi connectivity index (χ1v) is 6.90. The van der Waals surface area contributed by atoms with Crippen LogP contribution in [0.4, 0.5) is 0 Å². The molecule has 0 aromatic heterocycles. The molecule has 1 aliphatic heterocycles. The van der Waals surface area contributed by atoms with Crippen molar-refractivity contribution in [2.45, 2.75) is 19.4 Å². The largest absolute Gasteiger partial charge is 0.508 e. The van der Waals surface area contributed by atoms with Gasteiger partial charge in [-0.3, -0.25) is 4.79 Å².